The molecule has 2 N–H and O–H groups in total. The molecule has 1 saturated heterocycles. The average molecular weight is 268 g/mol. The van der Waals surface area contributed by atoms with Crippen molar-refractivity contribution < 1.29 is 9.53 Å². The van der Waals surface area contributed by atoms with Gasteiger partial charge < -0.3 is 15.4 Å². The SMILES string of the molecule is CCC(OC1CCCC(C)C1)C(=O)N1CC[C@@H](N)C1. The van der Waals surface area contributed by atoms with Crippen LogP contribution in [0.5, 0.6) is 0 Å². The lowest BCUT2D eigenvalue weighted by molar-refractivity contribution is -0.148. The molecule has 0 aromatic rings. The highest BCUT2D eigenvalue weighted by Crippen LogP contribution is 2.27. The third kappa shape index (κ3) is 3.93. The van der Waals surface area contributed by atoms with Gasteiger partial charge in [0.15, 0.2) is 0 Å². The molecule has 2 fully saturated rings. The van der Waals surface area contributed by atoms with E-state index in [1.54, 1.807) is 0 Å². The van der Waals surface area contributed by atoms with Gasteiger partial charge >= 0.3 is 0 Å². The van der Waals surface area contributed by atoms with Crippen molar-refractivity contribution in [3.05, 3.63) is 0 Å². The number of hydrogen-bond donors (Lipinski definition) is 1. The Kier molecular flexibility index (Phi) is 5.22. The van der Waals surface area contributed by atoms with E-state index in [2.05, 4.69) is 6.92 Å². The molecule has 1 aliphatic carbocycles. The second kappa shape index (κ2) is 6.71. The largest absolute Gasteiger partial charge is 0.365 e. The van der Waals surface area contributed by atoms with Gasteiger partial charge in [-0.25, -0.2) is 0 Å². The average Bonchev–Trinajstić information content (AvgIpc) is 2.82. The first-order chi connectivity index (χ1) is 9.10. The Morgan fingerprint density at radius 1 is 1.42 bits per heavy atom. The van der Waals surface area contributed by atoms with Crippen molar-refractivity contribution in [3.8, 4) is 0 Å². The summed E-state index contributed by atoms with van der Waals surface area (Å²) in [5.74, 6) is 0.875. The fourth-order valence-corrected chi connectivity index (χ4v) is 3.25. The second-order valence-corrected chi connectivity index (χ2v) is 6.26. The Bertz CT molecular complexity index is 309. The molecule has 0 radical (unpaired) electrons. The number of ether oxygens (including phenoxy) is 1. The molecule has 0 aromatic heterocycles. The first kappa shape index (κ1) is 14.8. The number of hydrogen-bond acceptors (Lipinski definition) is 3. The molecular weight excluding hydrogens is 240 g/mol. The molecule has 0 spiro atoms. The summed E-state index contributed by atoms with van der Waals surface area (Å²) in [7, 11) is 0. The highest BCUT2D eigenvalue weighted by Gasteiger charge is 2.31. The van der Waals surface area contributed by atoms with E-state index < -0.39 is 0 Å². The zero-order valence-corrected chi connectivity index (χ0v) is 12.3. The molecule has 4 atom stereocenters. The summed E-state index contributed by atoms with van der Waals surface area (Å²) in [6, 6.07) is 0.149. The topological polar surface area (TPSA) is 55.6 Å². The number of carbonyl (C=O) groups is 1. The van der Waals surface area contributed by atoms with Crippen LogP contribution in [0.1, 0.15) is 52.4 Å². The molecule has 4 heteroatoms. The molecule has 0 aromatic carbocycles. The summed E-state index contributed by atoms with van der Waals surface area (Å²) in [6.45, 7) is 5.79. The van der Waals surface area contributed by atoms with E-state index in [4.69, 9.17) is 10.5 Å². The number of nitrogens with two attached hydrogens (primary N) is 1. The predicted octanol–water partition coefficient (Wildman–Crippen LogP) is 1.92. The van der Waals surface area contributed by atoms with E-state index in [0.717, 1.165) is 38.1 Å². The van der Waals surface area contributed by atoms with Crippen molar-refractivity contribution in [3.63, 3.8) is 0 Å². The standard InChI is InChI=1S/C15H28N2O2/c1-3-14(15(18)17-8-7-12(16)10-17)19-13-6-4-5-11(2)9-13/h11-14H,3-10,16H2,1-2H3/t11?,12-,13?,14?/m1/s1. The smallest absolute Gasteiger partial charge is 0.251 e. The molecule has 110 valence electrons. The lowest BCUT2D eigenvalue weighted by Gasteiger charge is -2.31. The molecule has 2 aliphatic rings. The minimum absolute atomic E-state index is 0.147. The molecule has 1 heterocycles. The number of nitrogens with zero attached hydrogens (tertiary/aromatic N) is 1. The lowest BCUT2D eigenvalue weighted by atomic mass is 9.88. The van der Waals surface area contributed by atoms with Gasteiger partial charge in [0.05, 0.1) is 6.10 Å². The van der Waals surface area contributed by atoms with Gasteiger partial charge in [-0.2, -0.15) is 0 Å². The maximum atomic E-state index is 12.4. The van der Waals surface area contributed by atoms with Crippen molar-refractivity contribution in [2.45, 2.75) is 70.6 Å². The fourth-order valence-electron chi connectivity index (χ4n) is 3.25. The highest BCUT2D eigenvalue weighted by atomic mass is 16.5. The van der Waals surface area contributed by atoms with Crippen molar-refractivity contribution in [1.82, 2.24) is 4.90 Å². The van der Waals surface area contributed by atoms with Crippen LogP contribution in [0.3, 0.4) is 0 Å². The second-order valence-electron chi connectivity index (χ2n) is 6.26. The quantitative estimate of drug-likeness (QED) is 0.847. The Labute approximate surface area is 116 Å². The Morgan fingerprint density at radius 2 is 2.21 bits per heavy atom. The fraction of sp³-hybridized carbons (Fsp3) is 0.933. The van der Waals surface area contributed by atoms with Crippen molar-refractivity contribution in [2.75, 3.05) is 13.1 Å². The molecule has 0 bridgehead atoms. The third-order valence-electron chi connectivity index (χ3n) is 4.43. The Morgan fingerprint density at radius 3 is 2.79 bits per heavy atom. The van der Waals surface area contributed by atoms with E-state index in [9.17, 15) is 4.79 Å². The molecule has 1 aliphatic heterocycles. The van der Waals surface area contributed by atoms with Gasteiger partial charge in [0, 0.05) is 19.1 Å². The van der Waals surface area contributed by atoms with Crippen LogP contribution in [0.25, 0.3) is 0 Å². The maximum Gasteiger partial charge on any atom is 0.251 e. The van der Waals surface area contributed by atoms with Gasteiger partial charge in [0.2, 0.25) is 0 Å². The molecule has 19 heavy (non-hydrogen) atoms. The van der Waals surface area contributed by atoms with Gasteiger partial charge in [-0.15, -0.1) is 0 Å². The Hall–Kier alpha value is -0.610. The number of carbonyl (C=O) groups excluding carboxylic acids is 1. The molecule has 4 nitrogen and oxygen atoms in total. The monoisotopic (exact) mass is 268 g/mol. The van der Waals surface area contributed by atoms with Crippen LogP contribution in [0, 0.1) is 5.92 Å². The van der Waals surface area contributed by atoms with Crippen molar-refractivity contribution >= 4 is 5.91 Å². The minimum Gasteiger partial charge on any atom is -0.365 e. The zero-order chi connectivity index (χ0) is 13.8. The molecule has 1 amide bonds. The molecule has 3 unspecified atom stereocenters. The van der Waals surface area contributed by atoms with E-state index >= 15 is 0 Å². The lowest BCUT2D eigenvalue weighted by Crippen LogP contribution is -2.42. The number of likely N-dealkylation sites (tertiary alicyclic amines) is 1. The van der Waals surface area contributed by atoms with E-state index in [1.165, 1.54) is 12.8 Å². The summed E-state index contributed by atoms with van der Waals surface area (Å²) < 4.78 is 6.09. The van der Waals surface area contributed by atoms with E-state index in [1.807, 2.05) is 11.8 Å². The molecule has 2 rings (SSSR count). The third-order valence-corrected chi connectivity index (χ3v) is 4.43. The van der Waals surface area contributed by atoms with E-state index in [0.29, 0.717) is 6.54 Å². The Balaban J connectivity index is 1.86. The number of amides is 1. The van der Waals surface area contributed by atoms with Crippen LogP contribution in [0.2, 0.25) is 0 Å². The van der Waals surface area contributed by atoms with Crippen LogP contribution in [0.4, 0.5) is 0 Å². The summed E-state index contributed by atoms with van der Waals surface area (Å²) in [4.78, 5) is 14.3. The first-order valence-corrected chi connectivity index (χ1v) is 7.80. The van der Waals surface area contributed by atoms with Gasteiger partial charge in [-0.05, 0) is 31.6 Å². The molecular formula is C15H28N2O2. The predicted molar refractivity (Wildman–Crippen MR) is 75.8 cm³/mol. The van der Waals surface area contributed by atoms with Crippen LogP contribution in [0.15, 0.2) is 0 Å². The molecule has 1 saturated carbocycles. The van der Waals surface area contributed by atoms with Crippen LogP contribution in [-0.2, 0) is 9.53 Å². The first-order valence-electron chi connectivity index (χ1n) is 7.80. The van der Waals surface area contributed by atoms with Crippen LogP contribution >= 0.6 is 0 Å². The van der Waals surface area contributed by atoms with E-state index in [-0.39, 0.29) is 24.2 Å². The summed E-state index contributed by atoms with van der Waals surface area (Å²) in [5.41, 5.74) is 5.87. The van der Waals surface area contributed by atoms with Gasteiger partial charge in [-0.1, -0.05) is 26.7 Å². The normalized spacial score (nSPS) is 33.4. The van der Waals surface area contributed by atoms with Gasteiger partial charge in [0.1, 0.15) is 6.10 Å². The minimum atomic E-state index is -0.263. The zero-order valence-electron chi connectivity index (χ0n) is 12.3. The van der Waals surface area contributed by atoms with Crippen LogP contribution < -0.4 is 5.73 Å². The number of rotatable bonds is 4. The summed E-state index contributed by atoms with van der Waals surface area (Å²) in [5, 5.41) is 0. The van der Waals surface area contributed by atoms with Crippen molar-refractivity contribution in [2.24, 2.45) is 11.7 Å². The summed E-state index contributed by atoms with van der Waals surface area (Å²) >= 11 is 0. The summed E-state index contributed by atoms with van der Waals surface area (Å²) in [6.07, 6.45) is 6.42. The van der Waals surface area contributed by atoms with Gasteiger partial charge in [0.25, 0.3) is 5.91 Å². The highest BCUT2D eigenvalue weighted by molar-refractivity contribution is 5.81. The van der Waals surface area contributed by atoms with Crippen molar-refractivity contribution in [1.29, 1.82) is 0 Å². The maximum absolute atomic E-state index is 12.4. The van der Waals surface area contributed by atoms with Crippen LogP contribution in [-0.4, -0.2) is 42.1 Å². The van der Waals surface area contributed by atoms with Gasteiger partial charge in [-0.3, -0.25) is 4.79 Å².